The molecule has 0 fully saturated rings. The molecule has 0 saturated heterocycles. The zero-order chi connectivity index (χ0) is 25.2. The number of fused-ring (bicyclic) bond motifs is 6. The van der Waals surface area contributed by atoms with Crippen LogP contribution in [-0.4, -0.2) is 32.7 Å². The van der Waals surface area contributed by atoms with Crippen LogP contribution in [0.3, 0.4) is 0 Å². The van der Waals surface area contributed by atoms with Crippen LogP contribution in [0.1, 0.15) is 0 Å². The van der Waals surface area contributed by atoms with Gasteiger partial charge in [0, 0.05) is 64.3 Å². The zero-order valence-electron chi connectivity index (χ0n) is 21.0. The average Bonchev–Trinajstić information content (AvgIpc) is 3.64. The SMILES string of the molecule is CN1C=CN(c2cccc(-n3c4ccccc4c4ccc(-n5c6ccccc6c6cccnc65)cc43)c2)C1. The molecule has 0 unspecified atom stereocenters. The lowest BCUT2D eigenvalue weighted by Gasteiger charge is -2.19. The first kappa shape index (κ1) is 21.1. The number of rotatable bonds is 3. The van der Waals surface area contributed by atoms with Crippen LogP contribution in [0.25, 0.3) is 55.1 Å². The molecule has 0 bridgehead atoms. The first-order valence-corrected chi connectivity index (χ1v) is 12.9. The third-order valence-electron chi connectivity index (χ3n) is 7.65. The van der Waals surface area contributed by atoms with Gasteiger partial charge in [0.15, 0.2) is 0 Å². The van der Waals surface area contributed by atoms with E-state index in [9.17, 15) is 0 Å². The number of para-hydroxylation sites is 2. The van der Waals surface area contributed by atoms with Crippen molar-refractivity contribution in [2.24, 2.45) is 0 Å². The summed E-state index contributed by atoms with van der Waals surface area (Å²) in [4.78, 5) is 9.25. The fraction of sp³-hybridized carbons (Fsp3) is 0.0606. The molecule has 0 spiro atoms. The highest BCUT2D eigenvalue weighted by Crippen LogP contribution is 2.36. The smallest absolute Gasteiger partial charge is 0.145 e. The molecule has 182 valence electrons. The Morgan fingerprint density at radius 2 is 1.24 bits per heavy atom. The number of nitrogens with zero attached hydrogens (tertiary/aromatic N) is 5. The van der Waals surface area contributed by atoms with Crippen LogP contribution in [0, 0.1) is 0 Å². The van der Waals surface area contributed by atoms with Gasteiger partial charge in [0.1, 0.15) is 5.65 Å². The Balaban J connectivity index is 1.40. The van der Waals surface area contributed by atoms with Gasteiger partial charge >= 0.3 is 0 Å². The second-order valence-electron chi connectivity index (χ2n) is 9.97. The van der Waals surface area contributed by atoms with E-state index in [-0.39, 0.29) is 0 Å². The van der Waals surface area contributed by atoms with E-state index < -0.39 is 0 Å². The van der Waals surface area contributed by atoms with Crippen molar-refractivity contribution in [1.82, 2.24) is 19.0 Å². The minimum atomic E-state index is 0.849. The predicted octanol–water partition coefficient (Wildman–Crippen LogP) is 7.46. The van der Waals surface area contributed by atoms with Crippen LogP contribution in [-0.2, 0) is 0 Å². The summed E-state index contributed by atoms with van der Waals surface area (Å²) in [5, 5.41) is 4.87. The van der Waals surface area contributed by atoms with Crippen LogP contribution >= 0.6 is 0 Å². The standard InChI is InChI=1S/C33H25N5/c1-35-18-19-36(22-35)23-8-6-9-24(20-23)37-30-13-4-2-10-26(30)28-16-15-25(21-32(28)37)38-31-14-5-3-11-27(31)29-12-7-17-34-33(29)38/h2-21H,22H2,1H3. The Bertz CT molecular complexity index is 1990. The topological polar surface area (TPSA) is 29.2 Å². The molecule has 0 N–H and O–H groups in total. The minimum Gasteiger partial charge on any atom is -0.361 e. The monoisotopic (exact) mass is 491 g/mol. The summed E-state index contributed by atoms with van der Waals surface area (Å²) in [6.45, 7) is 0.849. The molecule has 7 aromatic rings. The molecule has 5 nitrogen and oxygen atoms in total. The summed E-state index contributed by atoms with van der Waals surface area (Å²) in [5.41, 5.74) is 7.94. The molecule has 5 heteroatoms. The second-order valence-corrected chi connectivity index (χ2v) is 9.97. The van der Waals surface area contributed by atoms with Crippen LogP contribution in [0.2, 0.25) is 0 Å². The third kappa shape index (κ3) is 3.02. The minimum absolute atomic E-state index is 0.849. The Morgan fingerprint density at radius 3 is 2.05 bits per heavy atom. The summed E-state index contributed by atoms with van der Waals surface area (Å²) in [7, 11) is 2.10. The quantitative estimate of drug-likeness (QED) is 0.257. The van der Waals surface area contributed by atoms with E-state index in [0.29, 0.717) is 0 Å². The van der Waals surface area contributed by atoms with Crippen LogP contribution < -0.4 is 4.90 Å². The number of anilines is 1. The van der Waals surface area contributed by atoms with Gasteiger partial charge in [0.25, 0.3) is 0 Å². The predicted molar refractivity (Wildman–Crippen MR) is 157 cm³/mol. The highest BCUT2D eigenvalue weighted by molar-refractivity contribution is 6.11. The molecular weight excluding hydrogens is 466 g/mol. The van der Waals surface area contributed by atoms with Gasteiger partial charge in [-0.25, -0.2) is 4.98 Å². The highest BCUT2D eigenvalue weighted by atomic mass is 15.3. The zero-order valence-corrected chi connectivity index (χ0v) is 21.0. The number of aromatic nitrogens is 3. The van der Waals surface area contributed by atoms with Crippen molar-refractivity contribution in [2.45, 2.75) is 0 Å². The maximum absolute atomic E-state index is 4.80. The maximum atomic E-state index is 4.80. The number of hydrogen-bond donors (Lipinski definition) is 0. The molecule has 0 amide bonds. The molecule has 0 radical (unpaired) electrons. The molecule has 4 heterocycles. The number of pyridine rings is 1. The van der Waals surface area contributed by atoms with Crippen molar-refractivity contribution >= 4 is 49.4 Å². The van der Waals surface area contributed by atoms with Crippen LogP contribution in [0.5, 0.6) is 0 Å². The van der Waals surface area contributed by atoms with Crippen molar-refractivity contribution in [3.05, 3.63) is 122 Å². The normalized spacial score (nSPS) is 13.6. The number of hydrogen-bond acceptors (Lipinski definition) is 3. The first-order valence-electron chi connectivity index (χ1n) is 12.9. The lowest BCUT2D eigenvalue weighted by molar-refractivity contribution is 0.496. The van der Waals surface area contributed by atoms with Gasteiger partial charge in [-0.15, -0.1) is 0 Å². The Labute approximate surface area is 220 Å². The van der Waals surface area contributed by atoms with Crippen molar-refractivity contribution in [3.63, 3.8) is 0 Å². The van der Waals surface area contributed by atoms with E-state index in [4.69, 9.17) is 4.98 Å². The first-order chi connectivity index (χ1) is 18.8. The van der Waals surface area contributed by atoms with E-state index >= 15 is 0 Å². The average molecular weight is 492 g/mol. The molecule has 8 rings (SSSR count). The Morgan fingerprint density at radius 1 is 0.553 bits per heavy atom. The second kappa shape index (κ2) is 7.98. The van der Waals surface area contributed by atoms with E-state index in [1.807, 2.05) is 12.3 Å². The summed E-state index contributed by atoms with van der Waals surface area (Å²) in [5.74, 6) is 0. The van der Waals surface area contributed by atoms with Crippen molar-refractivity contribution in [1.29, 1.82) is 0 Å². The Hall–Kier alpha value is -5.03. The van der Waals surface area contributed by atoms with Gasteiger partial charge in [-0.1, -0.05) is 48.5 Å². The molecule has 38 heavy (non-hydrogen) atoms. The van der Waals surface area contributed by atoms with E-state index in [1.54, 1.807) is 0 Å². The van der Waals surface area contributed by atoms with Gasteiger partial charge in [-0.05, 0) is 54.6 Å². The molecule has 0 saturated carbocycles. The van der Waals surface area contributed by atoms with Gasteiger partial charge in [0.05, 0.1) is 23.2 Å². The van der Waals surface area contributed by atoms with Gasteiger partial charge < -0.3 is 14.4 Å². The molecule has 0 aliphatic carbocycles. The Kier molecular flexibility index (Phi) is 4.43. The van der Waals surface area contributed by atoms with Crippen molar-refractivity contribution in [2.75, 3.05) is 18.6 Å². The highest BCUT2D eigenvalue weighted by Gasteiger charge is 2.18. The molecule has 4 aromatic carbocycles. The van der Waals surface area contributed by atoms with E-state index in [0.717, 1.165) is 29.2 Å². The molecule has 0 atom stereocenters. The fourth-order valence-corrected chi connectivity index (χ4v) is 5.94. The summed E-state index contributed by atoms with van der Waals surface area (Å²) >= 11 is 0. The summed E-state index contributed by atoms with van der Waals surface area (Å²) in [6.07, 6.45) is 6.13. The molecule has 1 aliphatic heterocycles. The van der Waals surface area contributed by atoms with Gasteiger partial charge in [-0.2, -0.15) is 0 Å². The third-order valence-corrected chi connectivity index (χ3v) is 7.65. The maximum Gasteiger partial charge on any atom is 0.145 e. The van der Waals surface area contributed by atoms with Crippen molar-refractivity contribution in [3.8, 4) is 11.4 Å². The van der Waals surface area contributed by atoms with Crippen LogP contribution in [0.15, 0.2) is 122 Å². The molecule has 1 aliphatic rings. The lowest BCUT2D eigenvalue weighted by Crippen LogP contribution is -2.21. The number of benzene rings is 4. The summed E-state index contributed by atoms with van der Waals surface area (Å²) < 4.78 is 4.68. The van der Waals surface area contributed by atoms with Crippen LogP contribution in [0.4, 0.5) is 5.69 Å². The fourth-order valence-electron chi connectivity index (χ4n) is 5.94. The van der Waals surface area contributed by atoms with E-state index in [1.165, 1.54) is 38.3 Å². The largest absolute Gasteiger partial charge is 0.361 e. The van der Waals surface area contributed by atoms with Gasteiger partial charge in [-0.3, -0.25) is 4.57 Å². The van der Waals surface area contributed by atoms with Crippen molar-refractivity contribution < 1.29 is 0 Å². The lowest BCUT2D eigenvalue weighted by atomic mass is 10.1. The molecular formula is C33H25N5. The molecule has 3 aromatic heterocycles. The van der Waals surface area contributed by atoms with E-state index in [2.05, 4.69) is 135 Å². The summed E-state index contributed by atoms with van der Waals surface area (Å²) in [6, 6.07) is 37.0. The van der Waals surface area contributed by atoms with Gasteiger partial charge in [0.2, 0.25) is 0 Å².